The lowest BCUT2D eigenvalue weighted by atomic mass is 9.47. The summed E-state index contributed by atoms with van der Waals surface area (Å²) in [6.07, 6.45) is 20.0. The molecule has 10 atom stereocenters. The SMILES string of the molecule is CC(C)CCC[C@@H](C)[C@H]1CC[C@H]2[C@@H]3CC=C4C[C@@H](O)CC[C@]4(C)[C@H]3CC[C@]12C.COc1ccc(CC(N)C(=O)O)cc1.CSCCC(N)C(=O)O. The molecule has 3 fully saturated rings. The van der Waals surface area contributed by atoms with E-state index in [4.69, 9.17) is 26.4 Å². The van der Waals surface area contributed by atoms with Crippen molar-refractivity contribution in [2.24, 2.45) is 57.8 Å². The first kappa shape index (κ1) is 43.3. The number of allylic oxidation sites excluding steroid dienone is 1. The molecule has 0 saturated heterocycles. The van der Waals surface area contributed by atoms with Gasteiger partial charge in [-0.15, -0.1) is 0 Å². The monoisotopic (exact) mass is 730 g/mol. The third-order valence-corrected chi connectivity index (χ3v) is 13.8. The summed E-state index contributed by atoms with van der Waals surface area (Å²) in [6, 6.07) is 5.65. The molecular weight excluding hydrogens is 661 g/mol. The number of carboxylic acids is 2. The highest BCUT2D eigenvalue weighted by Gasteiger charge is 2.59. The van der Waals surface area contributed by atoms with E-state index >= 15 is 0 Å². The van der Waals surface area contributed by atoms with Crippen LogP contribution in [0.2, 0.25) is 0 Å². The maximum absolute atomic E-state index is 10.5. The first-order valence-electron chi connectivity index (χ1n) is 19.5. The molecule has 1 aromatic rings. The van der Waals surface area contributed by atoms with Gasteiger partial charge in [0.1, 0.15) is 17.8 Å². The number of fused-ring (bicyclic) bond motifs is 5. The molecule has 5 rings (SSSR count). The Hall–Kier alpha value is -2.07. The maximum atomic E-state index is 10.5. The Balaban J connectivity index is 0.000000254. The molecule has 51 heavy (non-hydrogen) atoms. The van der Waals surface area contributed by atoms with Gasteiger partial charge < -0.3 is 31.5 Å². The number of rotatable bonds is 13. The fourth-order valence-electron chi connectivity index (χ4n) is 10.1. The topological polar surface area (TPSA) is 156 Å². The number of aliphatic carboxylic acids is 2. The van der Waals surface area contributed by atoms with Crippen molar-refractivity contribution in [3.05, 3.63) is 41.5 Å². The molecule has 7 N–H and O–H groups in total. The second-order valence-corrected chi connectivity index (χ2v) is 17.9. The van der Waals surface area contributed by atoms with Gasteiger partial charge in [-0.2, -0.15) is 11.8 Å². The van der Waals surface area contributed by atoms with Crippen LogP contribution in [0.5, 0.6) is 5.75 Å². The quantitative estimate of drug-likeness (QED) is 0.126. The Morgan fingerprint density at radius 3 is 2.18 bits per heavy atom. The Labute approximate surface area is 312 Å². The van der Waals surface area contributed by atoms with Gasteiger partial charge in [0, 0.05) is 0 Å². The van der Waals surface area contributed by atoms with E-state index < -0.39 is 24.0 Å². The van der Waals surface area contributed by atoms with Crippen molar-refractivity contribution in [2.75, 3.05) is 19.1 Å². The summed E-state index contributed by atoms with van der Waals surface area (Å²) < 4.78 is 4.97. The molecule has 3 saturated carbocycles. The molecule has 4 aliphatic rings. The number of benzene rings is 1. The lowest BCUT2D eigenvalue weighted by molar-refractivity contribution is -0.139. The van der Waals surface area contributed by atoms with Crippen molar-refractivity contribution in [3.63, 3.8) is 0 Å². The molecular formula is C42H70N2O6S. The highest BCUT2D eigenvalue weighted by Crippen LogP contribution is 2.67. The number of nitrogens with two attached hydrogens (primary N) is 2. The summed E-state index contributed by atoms with van der Waals surface area (Å²) >= 11 is 1.60. The van der Waals surface area contributed by atoms with E-state index in [-0.39, 0.29) is 6.10 Å². The van der Waals surface area contributed by atoms with E-state index in [9.17, 15) is 14.7 Å². The summed E-state index contributed by atoms with van der Waals surface area (Å²) in [5.74, 6) is 5.12. The molecule has 9 heteroatoms. The van der Waals surface area contributed by atoms with E-state index in [2.05, 4.69) is 40.7 Å². The zero-order valence-corrected chi connectivity index (χ0v) is 33.4. The molecule has 0 spiro atoms. The van der Waals surface area contributed by atoms with Crippen molar-refractivity contribution < 1.29 is 29.6 Å². The molecule has 4 aliphatic carbocycles. The Morgan fingerprint density at radius 1 is 0.922 bits per heavy atom. The number of carbonyl (C=O) groups is 2. The molecule has 0 bridgehead atoms. The van der Waals surface area contributed by atoms with Gasteiger partial charge in [-0.1, -0.05) is 77.7 Å². The lowest BCUT2D eigenvalue weighted by Gasteiger charge is -2.58. The summed E-state index contributed by atoms with van der Waals surface area (Å²) in [4.78, 5) is 20.5. The third-order valence-electron chi connectivity index (χ3n) is 13.2. The first-order valence-corrected chi connectivity index (χ1v) is 20.9. The molecule has 290 valence electrons. The number of hydrogen-bond acceptors (Lipinski definition) is 7. The average Bonchev–Trinajstić information content (AvgIpc) is 3.45. The van der Waals surface area contributed by atoms with Crippen LogP contribution >= 0.6 is 11.8 Å². The second-order valence-electron chi connectivity index (χ2n) is 16.9. The number of hydrogen-bond donors (Lipinski definition) is 5. The third kappa shape index (κ3) is 11.5. The van der Waals surface area contributed by atoms with E-state index in [0.717, 1.165) is 65.4 Å². The van der Waals surface area contributed by atoms with Crippen molar-refractivity contribution in [1.82, 2.24) is 0 Å². The van der Waals surface area contributed by atoms with Crippen molar-refractivity contribution >= 4 is 23.7 Å². The predicted molar refractivity (Wildman–Crippen MR) is 210 cm³/mol. The molecule has 0 aromatic heterocycles. The van der Waals surface area contributed by atoms with Crippen LogP contribution in [0.4, 0.5) is 0 Å². The summed E-state index contributed by atoms with van der Waals surface area (Å²) in [5.41, 5.74) is 14.1. The zero-order valence-electron chi connectivity index (χ0n) is 32.6. The van der Waals surface area contributed by atoms with Gasteiger partial charge in [0.25, 0.3) is 0 Å². The molecule has 1 aromatic carbocycles. The van der Waals surface area contributed by atoms with Crippen LogP contribution in [0.15, 0.2) is 35.9 Å². The number of methoxy groups -OCH3 is 1. The van der Waals surface area contributed by atoms with Crippen LogP contribution in [-0.2, 0) is 16.0 Å². The fraction of sp³-hybridized carbons (Fsp3) is 0.762. The van der Waals surface area contributed by atoms with Crippen LogP contribution in [0.25, 0.3) is 0 Å². The highest BCUT2D eigenvalue weighted by molar-refractivity contribution is 7.98. The minimum absolute atomic E-state index is 0.0766. The van der Waals surface area contributed by atoms with Gasteiger partial charge in [0.15, 0.2) is 0 Å². The minimum atomic E-state index is -0.985. The number of aliphatic hydroxyl groups is 1. The van der Waals surface area contributed by atoms with E-state index in [1.165, 1.54) is 57.8 Å². The van der Waals surface area contributed by atoms with Gasteiger partial charge >= 0.3 is 11.9 Å². The molecule has 8 nitrogen and oxygen atoms in total. The minimum Gasteiger partial charge on any atom is -0.497 e. The van der Waals surface area contributed by atoms with Crippen LogP contribution in [0.1, 0.15) is 117 Å². The fourth-order valence-corrected chi connectivity index (χ4v) is 10.6. The second kappa shape index (κ2) is 19.8. The number of ether oxygens (including phenoxy) is 1. The van der Waals surface area contributed by atoms with Gasteiger partial charge in [-0.25, -0.2) is 0 Å². The highest BCUT2D eigenvalue weighted by atomic mass is 32.2. The van der Waals surface area contributed by atoms with Crippen molar-refractivity contribution in [3.8, 4) is 5.75 Å². The summed E-state index contributed by atoms with van der Waals surface area (Å²) in [7, 11) is 1.58. The normalized spacial score (nSPS) is 31.2. The standard InChI is InChI=1S/C27H46O.C10H13NO3.C5H11NO2S/c1-18(2)7-6-8-19(3)23-11-12-24-22-10-9-20-17-21(28)13-15-26(20,4)25(22)14-16-27(23,24)5;1-14-8-4-2-7(3-5-8)6-9(11)10(12)13;1-9-3-2-4(6)5(7)8/h9,18-19,21-25,28H,6-8,10-17H2,1-5H3;2-5,9H,6,11H2,1H3,(H,12,13);4H,2-3,6H2,1H3,(H,7,8)/t19-,21+,22+,23-,24+,25+,26+,27-;;/m1../s1. The van der Waals surface area contributed by atoms with Gasteiger partial charge in [0.2, 0.25) is 0 Å². The van der Waals surface area contributed by atoms with E-state index in [0.29, 0.717) is 23.7 Å². The zero-order chi connectivity index (χ0) is 37.9. The number of carboxylic acid groups (broad SMARTS) is 2. The smallest absolute Gasteiger partial charge is 0.320 e. The molecule has 0 aliphatic heterocycles. The Bertz CT molecular complexity index is 1270. The Kier molecular flexibility index (Phi) is 16.9. The molecule has 0 radical (unpaired) electrons. The maximum Gasteiger partial charge on any atom is 0.320 e. The van der Waals surface area contributed by atoms with Crippen molar-refractivity contribution in [1.29, 1.82) is 0 Å². The number of aliphatic hydroxyl groups excluding tert-OH is 1. The van der Waals surface area contributed by atoms with Crippen molar-refractivity contribution in [2.45, 2.75) is 136 Å². The average molecular weight is 731 g/mol. The molecule has 2 unspecified atom stereocenters. The van der Waals surface area contributed by atoms with Gasteiger partial charge in [-0.3, -0.25) is 9.59 Å². The van der Waals surface area contributed by atoms with Gasteiger partial charge in [-0.05, 0) is 140 Å². The van der Waals surface area contributed by atoms with E-state index in [1.807, 2.05) is 18.4 Å². The van der Waals surface area contributed by atoms with Crippen LogP contribution in [0, 0.1) is 46.3 Å². The van der Waals surface area contributed by atoms with Crippen LogP contribution in [0.3, 0.4) is 0 Å². The van der Waals surface area contributed by atoms with Crippen LogP contribution < -0.4 is 16.2 Å². The van der Waals surface area contributed by atoms with E-state index in [1.54, 1.807) is 36.6 Å². The predicted octanol–water partition coefficient (Wildman–Crippen LogP) is 8.19. The molecule has 0 amide bonds. The summed E-state index contributed by atoms with van der Waals surface area (Å²) in [5, 5.41) is 27.1. The first-order chi connectivity index (χ1) is 24.1. The summed E-state index contributed by atoms with van der Waals surface area (Å²) in [6.45, 7) is 12.6. The van der Waals surface area contributed by atoms with Crippen LogP contribution in [-0.4, -0.2) is 64.6 Å². The van der Waals surface area contributed by atoms with Gasteiger partial charge in [0.05, 0.1) is 13.2 Å². The number of thioether (sulfide) groups is 1. The molecule has 0 heterocycles. The Morgan fingerprint density at radius 2 is 1.59 bits per heavy atom. The lowest BCUT2D eigenvalue weighted by Crippen LogP contribution is -2.50. The largest absolute Gasteiger partial charge is 0.497 e.